The molecule has 10 heavy (non-hydrogen) atoms. The van der Waals surface area contributed by atoms with Gasteiger partial charge < -0.3 is 0 Å². The summed E-state index contributed by atoms with van der Waals surface area (Å²) in [7, 11) is 0. The van der Waals surface area contributed by atoms with Crippen molar-refractivity contribution in [2.75, 3.05) is 0 Å². The lowest BCUT2D eigenvalue weighted by Crippen LogP contribution is -1.98. The van der Waals surface area contributed by atoms with Gasteiger partial charge in [0.25, 0.3) is 0 Å². The van der Waals surface area contributed by atoms with Gasteiger partial charge in [0, 0.05) is 11.4 Å². The molecule has 0 fully saturated rings. The van der Waals surface area contributed by atoms with Crippen molar-refractivity contribution in [1.29, 1.82) is 0 Å². The lowest BCUT2D eigenvalue weighted by atomic mass is 10.3. The van der Waals surface area contributed by atoms with E-state index in [1.165, 1.54) is 12.1 Å². The summed E-state index contributed by atoms with van der Waals surface area (Å²) in [6.45, 7) is 0. The summed E-state index contributed by atoms with van der Waals surface area (Å²) < 4.78 is 24.9. The highest BCUT2D eigenvalue weighted by atomic mass is 127. The van der Waals surface area contributed by atoms with E-state index in [-0.39, 0.29) is 0 Å². The van der Waals surface area contributed by atoms with Gasteiger partial charge in [0.2, 0.25) is 0 Å². The molecule has 0 amide bonds. The Balaban J connectivity index is 3.07. The fourth-order valence-corrected chi connectivity index (χ4v) is 2.19. The van der Waals surface area contributed by atoms with Gasteiger partial charge in [0.15, 0.2) is 0 Å². The van der Waals surface area contributed by atoms with Gasteiger partial charge in [0.1, 0.15) is 11.6 Å². The van der Waals surface area contributed by atoms with E-state index in [2.05, 4.69) is 22.0 Å². The van der Waals surface area contributed by atoms with Crippen molar-refractivity contribution in [2.24, 2.45) is 0 Å². The van der Waals surface area contributed by atoms with E-state index >= 15 is 0 Å². The van der Waals surface area contributed by atoms with Crippen LogP contribution in [0, 0.1) is 11.6 Å². The highest BCUT2D eigenvalue weighted by Crippen LogP contribution is 2.21. The third-order valence-corrected chi connectivity index (χ3v) is 3.39. The minimum Gasteiger partial charge on any atom is -0.207 e. The van der Waals surface area contributed by atoms with Crippen molar-refractivity contribution in [1.82, 2.24) is 0 Å². The summed E-state index contributed by atoms with van der Waals surface area (Å²) in [4.78, 5) is 0. The van der Waals surface area contributed by atoms with E-state index in [0.29, 0.717) is 11.5 Å². The lowest BCUT2D eigenvalue weighted by Gasteiger charge is -1.95. The first kappa shape index (κ1) is 8.34. The summed E-state index contributed by atoms with van der Waals surface area (Å²) >= 11 is 2.06. The molecule has 0 heterocycles. The smallest absolute Gasteiger partial charge is 0.134 e. The van der Waals surface area contributed by atoms with Crippen LogP contribution in [0.2, 0.25) is 0 Å². The van der Waals surface area contributed by atoms with Crippen molar-refractivity contribution >= 4 is 33.6 Å². The SMILES string of the molecule is Fc1ccc(PI)c(F)c1. The van der Waals surface area contributed by atoms with Crippen LogP contribution in [0.5, 0.6) is 0 Å². The first-order valence-electron chi connectivity index (χ1n) is 2.55. The second-order valence-corrected chi connectivity index (χ2v) is 4.06. The van der Waals surface area contributed by atoms with Gasteiger partial charge in [0.05, 0.1) is 0 Å². The summed E-state index contributed by atoms with van der Waals surface area (Å²) in [5.74, 6) is -0.969. The van der Waals surface area contributed by atoms with Crippen LogP contribution < -0.4 is 5.30 Å². The lowest BCUT2D eigenvalue weighted by molar-refractivity contribution is 0.589. The average molecular weight is 272 g/mol. The van der Waals surface area contributed by atoms with Crippen LogP contribution in [0.3, 0.4) is 0 Å². The Morgan fingerprint density at radius 3 is 2.50 bits per heavy atom. The van der Waals surface area contributed by atoms with Crippen LogP contribution in [0.1, 0.15) is 0 Å². The zero-order chi connectivity index (χ0) is 7.56. The monoisotopic (exact) mass is 272 g/mol. The van der Waals surface area contributed by atoms with Crippen molar-refractivity contribution < 1.29 is 8.78 Å². The molecule has 0 aliphatic rings. The first-order valence-corrected chi connectivity index (χ1v) is 6.67. The van der Waals surface area contributed by atoms with Gasteiger partial charge in [-0.25, -0.2) is 8.78 Å². The predicted molar refractivity (Wildman–Crippen MR) is 48.3 cm³/mol. The third-order valence-electron chi connectivity index (χ3n) is 1.03. The maximum Gasteiger partial charge on any atom is 0.134 e. The summed E-state index contributed by atoms with van der Waals surface area (Å²) in [6, 6.07) is 3.64. The normalized spacial score (nSPS) is 11.1. The molecule has 0 saturated carbocycles. The molecule has 1 unspecified atom stereocenters. The molecular weight excluding hydrogens is 268 g/mol. The zero-order valence-corrected chi connectivity index (χ0v) is 8.02. The number of halogens is 3. The number of hydrogen-bond acceptors (Lipinski definition) is 0. The molecule has 4 heteroatoms. The molecule has 0 aromatic heterocycles. The van der Waals surface area contributed by atoms with E-state index in [9.17, 15) is 8.78 Å². The molecule has 1 aromatic rings. The Kier molecular flexibility index (Phi) is 2.98. The molecule has 0 aliphatic heterocycles. The molecule has 1 aromatic carbocycles. The molecule has 0 radical (unpaired) electrons. The summed E-state index contributed by atoms with van der Waals surface area (Å²) in [5, 5.41) is 0.571. The summed E-state index contributed by atoms with van der Waals surface area (Å²) in [6.07, 6.45) is 0.354. The van der Waals surface area contributed by atoms with Crippen LogP contribution in [0.4, 0.5) is 8.78 Å². The molecule has 54 valence electrons. The van der Waals surface area contributed by atoms with Gasteiger partial charge in [-0.2, -0.15) is 0 Å². The molecular formula is C6H4F2IP. The van der Waals surface area contributed by atoms with Crippen LogP contribution in [0.25, 0.3) is 0 Å². The van der Waals surface area contributed by atoms with Crippen molar-refractivity contribution in [3.63, 3.8) is 0 Å². The van der Waals surface area contributed by atoms with E-state index in [1.807, 2.05) is 0 Å². The highest BCUT2D eigenvalue weighted by Gasteiger charge is 2.00. The van der Waals surface area contributed by atoms with E-state index < -0.39 is 11.6 Å². The molecule has 0 aliphatic carbocycles. The fraction of sp³-hybridized carbons (Fsp3) is 0. The number of rotatable bonds is 1. The molecule has 1 rings (SSSR count). The Morgan fingerprint density at radius 2 is 2.00 bits per heavy atom. The number of benzene rings is 1. The third kappa shape index (κ3) is 1.86. The quantitative estimate of drug-likeness (QED) is 0.544. The molecule has 0 N–H and O–H groups in total. The van der Waals surface area contributed by atoms with Crippen LogP contribution in [-0.4, -0.2) is 0 Å². The van der Waals surface area contributed by atoms with E-state index in [4.69, 9.17) is 0 Å². The maximum absolute atomic E-state index is 12.6. The second kappa shape index (κ2) is 3.58. The maximum atomic E-state index is 12.6. The van der Waals surface area contributed by atoms with Crippen molar-refractivity contribution in [3.8, 4) is 0 Å². The van der Waals surface area contributed by atoms with Crippen molar-refractivity contribution in [3.05, 3.63) is 29.8 Å². The van der Waals surface area contributed by atoms with E-state index in [0.717, 1.165) is 6.07 Å². The van der Waals surface area contributed by atoms with Gasteiger partial charge in [-0.3, -0.25) is 0 Å². The molecule has 0 nitrogen and oxygen atoms in total. The van der Waals surface area contributed by atoms with Gasteiger partial charge in [-0.15, -0.1) is 0 Å². The van der Waals surface area contributed by atoms with Gasteiger partial charge in [-0.1, -0.05) is 22.0 Å². The van der Waals surface area contributed by atoms with E-state index in [1.54, 1.807) is 0 Å². The topological polar surface area (TPSA) is 0 Å². The second-order valence-electron chi connectivity index (χ2n) is 1.72. The van der Waals surface area contributed by atoms with Gasteiger partial charge >= 0.3 is 0 Å². The molecule has 0 bridgehead atoms. The Bertz CT molecular complexity index is 239. The molecule has 1 atom stereocenters. The number of hydrogen-bond donors (Lipinski definition) is 0. The van der Waals surface area contributed by atoms with Crippen molar-refractivity contribution in [2.45, 2.75) is 0 Å². The van der Waals surface area contributed by atoms with Gasteiger partial charge in [-0.05, 0) is 18.4 Å². The Morgan fingerprint density at radius 1 is 1.30 bits per heavy atom. The minimum absolute atomic E-state index is 0.354. The average Bonchev–Trinajstić information content (AvgIpc) is 1.88. The van der Waals surface area contributed by atoms with Crippen LogP contribution in [-0.2, 0) is 0 Å². The largest absolute Gasteiger partial charge is 0.207 e. The molecule has 0 saturated heterocycles. The first-order chi connectivity index (χ1) is 4.74. The molecule has 0 spiro atoms. The van der Waals surface area contributed by atoms with Crippen LogP contribution >= 0.6 is 28.3 Å². The van der Waals surface area contributed by atoms with Crippen LogP contribution in [0.15, 0.2) is 18.2 Å². The highest BCUT2D eigenvalue weighted by molar-refractivity contribution is 14.2. The minimum atomic E-state index is -0.518. The fourth-order valence-electron chi connectivity index (χ4n) is 0.566. The standard InChI is InChI=1S/C6H4F2IP/c7-4-1-2-6(10-9)5(8)3-4/h1-3,10H. The Hall–Kier alpha value is 0.240. The zero-order valence-electron chi connectivity index (χ0n) is 4.87. The Labute approximate surface area is 72.3 Å². The summed E-state index contributed by atoms with van der Waals surface area (Å²) in [5.41, 5.74) is 0. The predicted octanol–water partition coefficient (Wildman–Crippen LogP) is 2.62.